The highest BCUT2D eigenvalue weighted by atomic mass is 16.6. The first-order valence-electron chi connectivity index (χ1n) is 20.3. The van der Waals surface area contributed by atoms with Crippen LogP contribution in [0.2, 0.25) is 0 Å². The average Bonchev–Trinajstić information content (AvgIpc) is 3.11. The lowest BCUT2D eigenvalue weighted by atomic mass is 10.1. The van der Waals surface area contributed by atoms with Crippen molar-refractivity contribution in [3.8, 4) is 0 Å². The fraction of sp³-hybridized carbons (Fsp3) is 0.705. The van der Waals surface area contributed by atoms with Gasteiger partial charge in [-0.2, -0.15) is 0 Å². The van der Waals surface area contributed by atoms with Gasteiger partial charge in [-0.25, -0.2) is 0 Å². The largest absolute Gasteiger partial charge is 0.462 e. The van der Waals surface area contributed by atoms with Crippen LogP contribution in [0.1, 0.15) is 181 Å². The highest BCUT2D eigenvalue weighted by molar-refractivity contribution is 5.71. The fourth-order valence-electron chi connectivity index (χ4n) is 5.23. The van der Waals surface area contributed by atoms with Crippen LogP contribution in [0.25, 0.3) is 0 Å². The molecule has 0 fully saturated rings. The lowest BCUT2D eigenvalue weighted by Crippen LogP contribution is -2.30. The molecule has 0 spiro atoms. The van der Waals surface area contributed by atoms with Gasteiger partial charge in [0.25, 0.3) is 0 Å². The molecule has 0 aliphatic carbocycles. The molecule has 0 aromatic carbocycles. The molecule has 0 amide bonds. The third-order valence-electron chi connectivity index (χ3n) is 8.29. The van der Waals surface area contributed by atoms with E-state index in [9.17, 15) is 14.4 Å². The number of ether oxygens (including phenoxy) is 3. The van der Waals surface area contributed by atoms with Crippen molar-refractivity contribution in [3.63, 3.8) is 0 Å². The van der Waals surface area contributed by atoms with E-state index in [1.165, 1.54) is 44.9 Å². The summed E-state index contributed by atoms with van der Waals surface area (Å²) in [7, 11) is 0. The number of unbranched alkanes of at least 4 members (excludes halogenated alkanes) is 14. The van der Waals surface area contributed by atoms with Crippen LogP contribution in [0, 0.1) is 0 Å². The Balaban J connectivity index is 4.27. The Morgan fingerprint density at radius 3 is 1.22 bits per heavy atom. The molecule has 0 rings (SSSR count). The van der Waals surface area contributed by atoms with Gasteiger partial charge >= 0.3 is 17.9 Å². The molecular formula is C44H74O6. The molecule has 0 aliphatic heterocycles. The summed E-state index contributed by atoms with van der Waals surface area (Å²) in [6, 6.07) is 0. The van der Waals surface area contributed by atoms with Gasteiger partial charge < -0.3 is 14.2 Å². The average molecular weight is 699 g/mol. The zero-order chi connectivity index (χ0) is 36.6. The van der Waals surface area contributed by atoms with Gasteiger partial charge in [-0.1, -0.05) is 159 Å². The molecule has 0 aliphatic rings. The normalized spacial score (nSPS) is 12.6. The molecule has 50 heavy (non-hydrogen) atoms. The quantitative estimate of drug-likeness (QED) is 0.0284. The van der Waals surface area contributed by atoms with E-state index in [1.54, 1.807) is 0 Å². The van der Waals surface area contributed by atoms with E-state index >= 15 is 0 Å². The Kier molecular flexibility index (Phi) is 36.7. The Morgan fingerprint density at radius 1 is 0.420 bits per heavy atom. The molecule has 1 unspecified atom stereocenters. The smallest absolute Gasteiger partial charge is 0.306 e. The first-order valence-corrected chi connectivity index (χ1v) is 20.3. The maximum absolute atomic E-state index is 12.5. The third-order valence-corrected chi connectivity index (χ3v) is 8.29. The summed E-state index contributed by atoms with van der Waals surface area (Å²) in [5.41, 5.74) is 0. The minimum atomic E-state index is -0.778. The number of carbonyl (C=O) groups excluding carboxylic acids is 3. The van der Waals surface area contributed by atoms with E-state index in [0.717, 1.165) is 96.3 Å². The summed E-state index contributed by atoms with van der Waals surface area (Å²) in [5.74, 6) is -0.944. The summed E-state index contributed by atoms with van der Waals surface area (Å²) in [4.78, 5) is 37.2. The molecule has 0 bridgehead atoms. The van der Waals surface area contributed by atoms with Crippen LogP contribution in [0.5, 0.6) is 0 Å². The van der Waals surface area contributed by atoms with Gasteiger partial charge in [-0.3, -0.25) is 14.4 Å². The monoisotopic (exact) mass is 699 g/mol. The fourth-order valence-corrected chi connectivity index (χ4v) is 5.23. The molecule has 6 heteroatoms. The zero-order valence-corrected chi connectivity index (χ0v) is 32.4. The Bertz CT molecular complexity index is 944. The Morgan fingerprint density at radius 2 is 0.780 bits per heavy atom. The van der Waals surface area contributed by atoms with Crippen LogP contribution in [0.15, 0.2) is 60.8 Å². The second-order valence-electron chi connectivity index (χ2n) is 13.2. The number of hydrogen-bond acceptors (Lipinski definition) is 6. The molecule has 0 aromatic rings. The van der Waals surface area contributed by atoms with Gasteiger partial charge in [0.2, 0.25) is 0 Å². The predicted molar refractivity (Wildman–Crippen MR) is 210 cm³/mol. The molecule has 0 aromatic heterocycles. The van der Waals surface area contributed by atoms with Crippen molar-refractivity contribution in [2.24, 2.45) is 0 Å². The minimum Gasteiger partial charge on any atom is -0.462 e. The molecule has 0 heterocycles. The standard InChI is InChI=1S/C44H74O6/c1-4-7-10-13-16-17-18-19-20-21-22-23-24-25-26-27-29-31-34-37-43(46)49-40-41(39-48-42(45)36-33-30-15-12-9-6-3)50-44(47)38-35-32-28-14-11-8-5-2/h7,10,16-17,19-20,22-23,25-26,41H,4-6,8-9,11-15,18,21,24,27-40H2,1-3H3/b10-7-,17-16-,20-19-,23-22-,26-25-. The van der Waals surface area contributed by atoms with Crippen LogP contribution in [0.3, 0.4) is 0 Å². The SMILES string of the molecule is CC/C=C\C/C=C\C/C=C\C/C=C\C/C=C\CCCCCC(=O)OCC(COC(=O)CCCCCCCC)OC(=O)CCCCCCCCC. The topological polar surface area (TPSA) is 78.9 Å². The van der Waals surface area contributed by atoms with Crippen molar-refractivity contribution in [1.82, 2.24) is 0 Å². The molecular weight excluding hydrogens is 624 g/mol. The van der Waals surface area contributed by atoms with E-state index < -0.39 is 6.10 Å². The lowest BCUT2D eigenvalue weighted by Gasteiger charge is -2.18. The van der Waals surface area contributed by atoms with Crippen molar-refractivity contribution < 1.29 is 28.6 Å². The maximum atomic E-state index is 12.5. The molecule has 286 valence electrons. The second kappa shape index (κ2) is 38.9. The zero-order valence-electron chi connectivity index (χ0n) is 32.4. The van der Waals surface area contributed by atoms with Crippen molar-refractivity contribution in [1.29, 1.82) is 0 Å². The van der Waals surface area contributed by atoms with Crippen molar-refractivity contribution in [2.75, 3.05) is 13.2 Å². The third kappa shape index (κ3) is 36.4. The van der Waals surface area contributed by atoms with Gasteiger partial charge in [0, 0.05) is 19.3 Å². The van der Waals surface area contributed by atoms with Gasteiger partial charge in [0.15, 0.2) is 6.10 Å². The van der Waals surface area contributed by atoms with Crippen LogP contribution in [-0.2, 0) is 28.6 Å². The van der Waals surface area contributed by atoms with Crippen molar-refractivity contribution in [2.45, 2.75) is 187 Å². The van der Waals surface area contributed by atoms with E-state index in [1.807, 2.05) is 0 Å². The van der Waals surface area contributed by atoms with Gasteiger partial charge in [0.05, 0.1) is 0 Å². The Labute approximate surface area is 307 Å². The summed E-state index contributed by atoms with van der Waals surface area (Å²) >= 11 is 0. The summed E-state index contributed by atoms with van der Waals surface area (Å²) in [6.07, 6.45) is 45.2. The first kappa shape index (κ1) is 47.1. The predicted octanol–water partition coefficient (Wildman–Crippen LogP) is 12.6. The van der Waals surface area contributed by atoms with Crippen LogP contribution >= 0.6 is 0 Å². The number of allylic oxidation sites excluding steroid dienone is 10. The van der Waals surface area contributed by atoms with E-state index in [2.05, 4.69) is 81.5 Å². The number of hydrogen-bond donors (Lipinski definition) is 0. The maximum Gasteiger partial charge on any atom is 0.306 e. The number of esters is 3. The molecule has 6 nitrogen and oxygen atoms in total. The second-order valence-corrected chi connectivity index (χ2v) is 13.2. The van der Waals surface area contributed by atoms with Crippen molar-refractivity contribution in [3.05, 3.63) is 60.8 Å². The molecule has 0 saturated heterocycles. The summed E-state index contributed by atoms with van der Waals surface area (Å²) < 4.78 is 16.5. The first-order chi connectivity index (χ1) is 24.5. The van der Waals surface area contributed by atoms with Crippen molar-refractivity contribution >= 4 is 17.9 Å². The molecule has 0 radical (unpaired) electrons. The number of carbonyl (C=O) groups is 3. The lowest BCUT2D eigenvalue weighted by molar-refractivity contribution is -0.167. The summed E-state index contributed by atoms with van der Waals surface area (Å²) in [6.45, 7) is 6.36. The minimum absolute atomic E-state index is 0.0854. The highest BCUT2D eigenvalue weighted by Crippen LogP contribution is 2.12. The van der Waals surface area contributed by atoms with Gasteiger partial charge in [-0.05, 0) is 64.2 Å². The van der Waals surface area contributed by atoms with E-state index in [-0.39, 0.29) is 31.1 Å². The molecule has 0 saturated carbocycles. The molecule has 1 atom stereocenters. The number of rotatable bonds is 35. The molecule has 0 N–H and O–H groups in total. The van der Waals surface area contributed by atoms with E-state index in [4.69, 9.17) is 14.2 Å². The van der Waals surface area contributed by atoms with Gasteiger partial charge in [-0.15, -0.1) is 0 Å². The van der Waals surface area contributed by atoms with E-state index in [0.29, 0.717) is 19.3 Å². The van der Waals surface area contributed by atoms with Crippen LogP contribution in [0.4, 0.5) is 0 Å². The Hall–Kier alpha value is -2.89. The highest BCUT2D eigenvalue weighted by Gasteiger charge is 2.19. The van der Waals surface area contributed by atoms with Gasteiger partial charge in [0.1, 0.15) is 13.2 Å². The van der Waals surface area contributed by atoms with Crippen LogP contribution in [-0.4, -0.2) is 37.2 Å². The summed E-state index contributed by atoms with van der Waals surface area (Å²) in [5, 5.41) is 0. The van der Waals surface area contributed by atoms with Crippen LogP contribution < -0.4 is 0 Å².